The van der Waals surface area contributed by atoms with E-state index in [1.807, 2.05) is 0 Å². The van der Waals surface area contributed by atoms with Gasteiger partial charge in [0.1, 0.15) is 0 Å². The van der Waals surface area contributed by atoms with Gasteiger partial charge in [-0.2, -0.15) is 13.5 Å². The number of hydrogen-bond acceptors (Lipinski definition) is 5. The smallest absolute Gasteiger partial charge is 0.266 e. The standard InChI is InChI=1S/C4H5NO3.C2H5ClO3S/c6-3-1-2-4(7)5(3)8;3-1-2-7(4,5)6/h8H,1-2H2;1-2H2,(H,4,5,6). The predicted octanol–water partition coefficient (Wildman–Crippen LogP) is -0.362. The van der Waals surface area contributed by atoms with Crippen LogP contribution in [0.15, 0.2) is 0 Å². The monoisotopic (exact) mass is 259 g/mol. The number of alkyl halides is 1. The summed E-state index contributed by atoms with van der Waals surface area (Å²) in [6.45, 7) is 0. The highest BCUT2D eigenvalue weighted by Crippen LogP contribution is 2.06. The van der Waals surface area contributed by atoms with Crippen molar-refractivity contribution in [3.05, 3.63) is 0 Å². The molecule has 0 aromatic carbocycles. The molecule has 0 saturated carbocycles. The second-order valence-corrected chi connectivity index (χ2v) is 4.52. The zero-order chi connectivity index (χ0) is 12.1. The number of carbonyl (C=O) groups is 2. The van der Waals surface area contributed by atoms with Gasteiger partial charge in [0.15, 0.2) is 0 Å². The van der Waals surface area contributed by atoms with E-state index in [1.54, 1.807) is 0 Å². The average Bonchev–Trinajstić information content (AvgIpc) is 2.35. The van der Waals surface area contributed by atoms with Crippen molar-refractivity contribution in [2.75, 3.05) is 11.6 Å². The molecule has 1 aliphatic rings. The molecule has 0 aliphatic carbocycles. The van der Waals surface area contributed by atoms with Crippen LogP contribution in [0, 0.1) is 0 Å². The first kappa shape index (κ1) is 14.3. The van der Waals surface area contributed by atoms with Crippen molar-refractivity contribution in [1.82, 2.24) is 5.06 Å². The van der Waals surface area contributed by atoms with Crippen LogP contribution in [0.4, 0.5) is 0 Å². The van der Waals surface area contributed by atoms with Crippen LogP contribution in [0.1, 0.15) is 12.8 Å². The largest absolute Gasteiger partial charge is 0.286 e. The van der Waals surface area contributed by atoms with E-state index in [9.17, 15) is 18.0 Å². The van der Waals surface area contributed by atoms with Crippen LogP contribution in [0.3, 0.4) is 0 Å². The molecule has 1 rings (SSSR count). The zero-order valence-corrected chi connectivity index (χ0v) is 9.16. The molecule has 7 nitrogen and oxygen atoms in total. The molecule has 88 valence electrons. The summed E-state index contributed by atoms with van der Waals surface area (Å²) in [5, 5.41) is 8.57. The van der Waals surface area contributed by atoms with Gasteiger partial charge in [-0.15, -0.1) is 11.6 Å². The Morgan fingerprint density at radius 1 is 1.27 bits per heavy atom. The Morgan fingerprint density at radius 2 is 1.67 bits per heavy atom. The van der Waals surface area contributed by atoms with E-state index in [1.165, 1.54) is 0 Å². The third-order valence-corrected chi connectivity index (χ3v) is 2.49. The molecule has 9 heteroatoms. The third kappa shape index (κ3) is 6.39. The van der Waals surface area contributed by atoms with Crippen LogP contribution in [0.2, 0.25) is 0 Å². The Balaban J connectivity index is 0.000000265. The van der Waals surface area contributed by atoms with Gasteiger partial charge in [0.2, 0.25) is 0 Å². The number of imide groups is 1. The van der Waals surface area contributed by atoms with Crippen LogP contribution in [-0.2, 0) is 19.7 Å². The summed E-state index contributed by atoms with van der Waals surface area (Å²) < 4.78 is 27.3. The van der Waals surface area contributed by atoms with Gasteiger partial charge in [0.05, 0.1) is 5.75 Å². The number of rotatable bonds is 2. The highest BCUT2D eigenvalue weighted by Gasteiger charge is 2.26. The maximum Gasteiger partial charge on any atom is 0.266 e. The number of hydroxylamine groups is 2. The maximum atomic E-state index is 10.2. The van der Waals surface area contributed by atoms with E-state index >= 15 is 0 Å². The fourth-order valence-corrected chi connectivity index (χ4v) is 1.44. The van der Waals surface area contributed by atoms with Crippen molar-refractivity contribution in [3.8, 4) is 0 Å². The molecule has 1 fully saturated rings. The molecular weight excluding hydrogens is 250 g/mol. The van der Waals surface area contributed by atoms with E-state index in [0.29, 0.717) is 0 Å². The molecule has 2 N–H and O–H groups in total. The number of amides is 2. The molecule has 15 heavy (non-hydrogen) atoms. The van der Waals surface area contributed by atoms with Gasteiger partial charge in [-0.1, -0.05) is 0 Å². The summed E-state index contributed by atoms with van der Waals surface area (Å²) in [5.41, 5.74) is 0. The molecule has 1 heterocycles. The highest BCUT2D eigenvalue weighted by molar-refractivity contribution is 7.85. The van der Waals surface area contributed by atoms with Gasteiger partial charge in [-0.3, -0.25) is 19.3 Å². The van der Waals surface area contributed by atoms with Crippen molar-refractivity contribution in [2.45, 2.75) is 12.8 Å². The van der Waals surface area contributed by atoms with Crippen molar-refractivity contribution < 1.29 is 27.8 Å². The number of nitrogens with zero attached hydrogens (tertiary/aromatic N) is 1. The van der Waals surface area contributed by atoms with Gasteiger partial charge >= 0.3 is 0 Å². The van der Waals surface area contributed by atoms with Crippen LogP contribution in [0.5, 0.6) is 0 Å². The molecule has 1 saturated heterocycles. The van der Waals surface area contributed by atoms with Gasteiger partial charge in [0, 0.05) is 18.7 Å². The second kappa shape index (κ2) is 6.01. The Morgan fingerprint density at radius 3 is 1.73 bits per heavy atom. The SMILES string of the molecule is O=C1CCC(=O)N1O.O=S(=O)(O)CCCl. The summed E-state index contributed by atoms with van der Waals surface area (Å²) in [6, 6.07) is 0. The summed E-state index contributed by atoms with van der Waals surface area (Å²) in [4.78, 5) is 20.5. The fraction of sp³-hybridized carbons (Fsp3) is 0.667. The van der Waals surface area contributed by atoms with E-state index in [0.717, 1.165) is 0 Å². The third-order valence-electron chi connectivity index (χ3n) is 1.36. The van der Waals surface area contributed by atoms with E-state index in [4.69, 9.17) is 21.4 Å². The lowest BCUT2D eigenvalue weighted by atomic mass is 10.4. The van der Waals surface area contributed by atoms with Crippen molar-refractivity contribution >= 4 is 33.5 Å². The molecule has 0 spiro atoms. The number of hydrogen-bond donors (Lipinski definition) is 2. The maximum absolute atomic E-state index is 10.2. The molecule has 0 aromatic rings. The minimum atomic E-state index is -3.81. The minimum absolute atomic E-state index is 0.0567. The molecule has 0 unspecified atom stereocenters. The second-order valence-electron chi connectivity index (χ2n) is 2.57. The highest BCUT2D eigenvalue weighted by atomic mass is 35.5. The predicted molar refractivity (Wildman–Crippen MR) is 50.0 cm³/mol. The molecule has 0 atom stereocenters. The van der Waals surface area contributed by atoms with Crippen LogP contribution in [-0.4, -0.2) is 46.7 Å². The van der Waals surface area contributed by atoms with Gasteiger partial charge in [-0.25, -0.2) is 0 Å². The Kier molecular flexibility index (Phi) is 5.73. The first-order valence-corrected chi connectivity index (χ1v) is 5.98. The van der Waals surface area contributed by atoms with Crippen LogP contribution in [0.25, 0.3) is 0 Å². The first-order valence-electron chi connectivity index (χ1n) is 3.83. The zero-order valence-electron chi connectivity index (χ0n) is 7.59. The lowest BCUT2D eigenvalue weighted by Crippen LogP contribution is -2.24. The normalized spacial score (nSPS) is 16.3. The number of halogens is 1. The molecule has 0 aromatic heterocycles. The lowest BCUT2D eigenvalue weighted by molar-refractivity contribution is -0.171. The van der Waals surface area contributed by atoms with Crippen molar-refractivity contribution in [1.29, 1.82) is 0 Å². The Labute approximate surface area is 91.3 Å². The summed E-state index contributed by atoms with van der Waals surface area (Å²) in [7, 11) is -3.81. The topological polar surface area (TPSA) is 112 Å². The Bertz CT molecular complexity index is 324. The van der Waals surface area contributed by atoms with Crippen LogP contribution >= 0.6 is 11.6 Å². The number of carbonyl (C=O) groups excluding carboxylic acids is 2. The van der Waals surface area contributed by atoms with Crippen LogP contribution < -0.4 is 0 Å². The summed E-state index contributed by atoms with van der Waals surface area (Å²) in [5.74, 6) is -1.43. The minimum Gasteiger partial charge on any atom is -0.286 e. The van der Waals surface area contributed by atoms with Gasteiger partial charge < -0.3 is 0 Å². The van der Waals surface area contributed by atoms with Crippen molar-refractivity contribution in [2.24, 2.45) is 0 Å². The van der Waals surface area contributed by atoms with E-state index in [-0.39, 0.29) is 29.5 Å². The van der Waals surface area contributed by atoms with E-state index < -0.39 is 21.9 Å². The molecule has 0 radical (unpaired) electrons. The molecule has 2 amide bonds. The fourth-order valence-electron chi connectivity index (χ4n) is 0.662. The quantitative estimate of drug-likeness (QED) is 0.303. The lowest BCUT2D eigenvalue weighted by Gasteiger charge is -1.98. The first-order chi connectivity index (χ1) is 6.78. The van der Waals surface area contributed by atoms with E-state index in [2.05, 4.69) is 0 Å². The summed E-state index contributed by atoms with van der Waals surface area (Å²) >= 11 is 4.95. The van der Waals surface area contributed by atoms with Crippen molar-refractivity contribution in [3.63, 3.8) is 0 Å². The average molecular weight is 260 g/mol. The van der Waals surface area contributed by atoms with Gasteiger partial charge in [-0.05, 0) is 0 Å². The molecule has 1 aliphatic heterocycles. The molecular formula is C6H10ClNO6S. The summed E-state index contributed by atoms with van der Waals surface area (Å²) in [6.07, 6.45) is 0.296. The molecule has 0 bridgehead atoms. The van der Waals surface area contributed by atoms with Gasteiger partial charge in [0.25, 0.3) is 21.9 Å². The Hall–Kier alpha value is -0.700.